The zero-order valence-electron chi connectivity index (χ0n) is 9.13. The second kappa shape index (κ2) is 5.17. The Labute approximate surface area is 107 Å². The van der Waals surface area contributed by atoms with E-state index in [0.717, 1.165) is 18.5 Å². The molecule has 0 saturated carbocycles. The Morgan fingerprint density at radius 3 is 2.50 bits per heavy atom. The fourth-order valence-corrected chi connectivity index (χ4v) is 2.11. The van der Waals surface area contributed by atoms with Crippen LogP contribution in [0.25, 0.3) is 0 Å². The lowest BCUT2D eigenvalue weighted by Gasteiger charge is -2.33. The number of hydrogen-bond acceptors (Lipinski definition) is 2. The first kappa shape index (κ1) is 13.5. The Morgan fingerprint density at radius 1 is 1.31 bits per heavy atom. The van der Waals surface area contributed by atoms with Crippen LogP contribution in [0.3, 0.4) is 0 Å². The van der Waals surface area contributed by atoms with Gasteiger partial charge in [-0.15, -0.1) is 12.4 Å². The molecule has 0 amide bonds. The molecule has 4 heteroatoms. The predicted octanol–water partition coefficient (Wildman–Crippen LogP) is 2.93. The lowest BCUT2D eigenvalue weighted by Crippen LogP contribution is -2.50. The monoisotopic (exact) mass is 259 g/mol. The number of carbonyl (C=O) groups is 1. The number of hydrogen-bond donors (Lipinski definition) is 1. The normalized spacial score (nSPS) is 25.0. The molecule has 1 heterocycles. The summed E-state index contributed by atoms with van der Waals surface area (Å²) in [6, 6.07) is 7.48. The van der Waals surface area contributed by atoms with Gasteiger partial charge in [0.2, 0.25) is 0 Å². The lowest BCUT2D eigenvalue weighted by atomic mass is 9.83. The summed E-state index contributed by atoms with van der Waals surface area (Å²) >= 11 is 5.83. The molecule has 1 atom stereocenters. The molecule has 0 spiro atoms. The SMILES string of the molecule is CC1(c2ccc(Cl)cc2)NCCCC1=O.Cl. The van der Waals surface area contributed by atoms with Crippen molar-refractivity contribution < 1.29 is 4.79 Å². The predicted molar refractivity (Wildman–Crippen MR) is 68.3 cm³/mol. The minimum atomic E-state index is -0.525. The molecule has 2 nitrogen and oxygen atoms in total. The van der Waals surface area contributed by atoms with Crippen LogP contribution in [0.1, 0.15) is 25.3 Å². The molecule has 1 aliphatic rings. The molecule has 1 aliphatic heterocycles. The van der Waals surface area contributed by atoms with E-state index in [-0.39, 0.29) is 18.2 Å². The van der Waals surface area contributed by atoms with Crippen molar-refractivity contribution in [2.24, 2.45) is 0 Å². The Balaban J connectivity index is 0.00000128. The van der Waals surface area contributed by atoms with Crippen molar-refractivity contribution in [3.05, 3.63) is 34.9 Å². The first-order chi connectivity index (χ1) is 7.13. The van der Waals surface area contributed by atoms with E-state index in [9.17, 15) is 4.79 Å². The van der Waals surface area contributed by atoms with Gasteiger partial charge in [-0.05, 0) is 37.6 Å². The second-order valence-corrected chi connectivity index (χ2v) is 4.52. The quantitative estimate of drug-likeness (QED) is 0.841. The molecule has 1 aromatic carbocycles. The van der Waals surface area contributed by atoms with Crippen molar-refractivity contribution in [1.82, 2.24) is 5.32 Å². The van der Waals surface area contributed by atoms with Crippen molar-refractivity contribution in [3.8, 4) is 0 Å². The van der Waals surface area contributed by atoms with Crippen LogP contribution in [-0.2, 0) is 10.3 Å². The van der Waals surface area contributed by atoms with Crippen LogP contribution >= 0.6 is 24.0 Å². The van der Waals surface area contributed by atoms with Crippen LogP contribution in [0.4, 0.5) is 0 Å². The molecule has 1 aromatic rings. The summed E-state index contributed by atoms with van der Waals surface area (Å²) in [5.74, 6) is 0.260. The first-order valence-electron chi connectivity index (χ1n) is 5.17. The van der Waals surface area contributed by atoms with Crippen LogP contribution < -0.4 is 5.32 Å². The van der Waals surface area contributed by atoms with Crippen LogP contribution in [-0.4, -0.2) is 12.3 Å². The molecule has 1 N–H and O–H groups in total. The standard InChI is InChI=1S/C12H14ClNO.ClH/c1-12(11(15)3-2-8-14-12)9-4-6-10(13)7-5-9;/h4-7,14H,2-3,8H2,1H3;1H. The van der Waals surface area contributed by atoms with Gasteiger partial charge >= 0.3 is 0 Å². The highest BCUT2D eigenvalue weighted by Crippen LogP contribution is 2.27. The van der Waals surface area contributed by atoms with E-state index in [4.69, 9.17) is 11.6 Å². The number of Topliss-reactive ketones (excluding diaryl/α,β-unsaturated/α-hetero) is 1. The van der Waals surface area contributed by atoms with E-state index >= 15 is 0 Å². The topological polar surface area (TPSA) is 29.1 Å². The van der Waals surface area contributed by atoms with Gasteiger partial charge in [-0.1, -0.05) is 23.7 Å². The smallest absolute Gasteiger partial charge is 0.157 e. The van der Waals surface area contributed by atoms with E-state index in [1.807, 2.05) is 31.2 Å². The molecule has 16 heavy (non-hydrogen) atoms. The molecule has 1 unspecified atom stereocenters. The number of halogens is 2. The third-order valence-corrected chi connectivity index (χ3v) is 3.29. The van der Waals surface area contributed by atoms with Gasteiger partial charge in [-0.25, -0.2) is 0 Å². The Bertz CT molecular complexity index is 377. The maximum Gasteiger partial charge on any atom is 0.157 e. The third-order valence-electron chi connectivity index (χ3n) is 3.04. The van der Waals surface area contributed by atoms with Crippen LogP contribution in [0, 0.1) is 0 Å². The number of carbonyl (C=O) groups excluding carboxylic acids is 1. The number of ketones is 1. The maximum absolute atomic E-state index is 11.9. The third kappa shape index (κ3) is 2.40. The molecule has 0 aliphatic carbocycles. The van der Waals surface area contributed by atoms with Gasteiger partial charge in [0.25, 0.3) is 0 Å². The fourth-order valence-electron chi connectivity index (χ4n) is 1.98. The Morgan fingerprint density at radius 2 is 1.94 bits per heavy atom. The summed E-state index contributed by atoms with van der Waals surface area (Å²) in [7, 11) is 0. The molecule has 0 radical (unpaired) electrons. The van der Waals surface area contributed by atoms with Gasteiger partial charge in [0, 0.05) is 11.4 Å². The highest BCUT2D eigenvalue weighted by molar-refractivity contribution is 6.30. The van der Waals surface area contributed by atoms with Crippen LogP contribution in [0.2, 0.25) is 5.02 Å². The van der Waals surface area contributed by atoms with E-state index in [2.05, 4.69) is 5.32 Å². The summed E-state index contributed by atoms with van der Waals surface area (Å²) in [6.07, 6.45) is 1.59. The van der Waals surface area contributed by atoms with Gasteiger partial charge in [-0.2, -0.15) is 0 Å². The second-order valence-electron chi connectivity index (χ2n) is 4.09. The van der Waals surface area contributed by atoms with Crippen molar-refractivity contribution in [1.29, 1.82) is 0 Å². The number of piperidine rings is 1. The largest absolute Gasteiger partial charge is 0.301 e. The average molecular weight is 260 g/mol. The zero-order valence-corrected chi connectivity index (χ0v) is 10.7. The van der Waals surface area contributed by atoms with Gasteiger partial charge < -0.3 is 5.32 Å². The van der Waals surface area contributed by atoms with Gasteiger partial charge in [-0.3, -0.25) is 4.79 Å². The van der Waals surface area contributed by atoms with Crippen molar-refractivity contribution >= 4 is 29.8 Å². The number of nitrogens with one attached hydrogen (secondary N) is 1. The molecule has 1 fully saturated rings. The fraction of sp³-hybridized carbons (Fsp3) is 0.417. The minimum absolute atomic E-state index is 0. The maximum atomic E-state index is 11.9. The van der Waals surface area contributed by atoms with E-state index in [1.165, 1.54) is 0 Å². The minimum Gasteiger partial charge on any atom is -0.301 e. The van der Waals surface area contributed by atoms with E-state index < -0.39 is 5.54 Å². The van der Waals surface area contributed by atoms with Crippen LogP contribution in [0.5, 0.6) is 0 Å². The number of rotatable bonds is 1. The molecule has 0 bridgehead atoms. The van der Waals surface area contributed by atoms with E-state index in [1.54, 1.807) is 0 Å². The van der Waals surface area contributed by atoms with Crippen molar-refractivity contribution in [3.63, 3.8) is 0 Å². The highest BCUT2D eigenvalue weighted by atomic mass is 35.5. The Hall–Kier alpha value is -0.570. The Kier molecular flexibility index (Phi) is 4.36. The average Bonchev–Trinajstić information content (AvgIpc) is 2.23. The van der Waals surface area contributed by atoms with Crippen molar-refractivity contribution in [2.75, 3.05) is 6.54 Å². The van der Waals surface area contributed by atoms with Crippen LogP contribution in [0.15, 0.2) is 24.3 Å². The lowest BCUT2D eigenvalue weighted by molar-refractivity contribution is -0.126. The summed E-state index contributed by atoms with van der Waals surface area (Å²) in [5, 5.41) is 3.99. The summed E-state index contributed by atoms with van der Waals surface area (Å²) in [5.41, 5.74) is 0.472. The molecular weight excluding hydrogens is 245 g/mol. The van der Waals surface area contributed by atoms with E-state index in [0.29, 0.717) is 11.4 Å². The summed E-state index contributed by atoms with van der Waals surface area (Å²) in [4.78, 5) is 11.9. The number of benzene rings is 1. The molecule has 2 rings (SSSR count). The molecular formula is C12H15Cl2NO. The molecule has 1 saturated heterocycles. The zero-order chi connectivity index (χ0) is 10.9. The summed E-state index contributed by atoms with van der Waals surface area (Å²) < 4.78 is 0. The molecule has 88 valence electrons. The van der Waals surface area contributed by atoms with Gasteiger partial charge in [0.05, 0.1) is 0 Å². The highest BCUT2D eigenvalue weighted by Gasteiger charge is 2.36. The van der Waals surface area contributed by atoms with Gasteiger partial charge in [0.15, 0.2) is 5.78 Å². The summed E-state index contributed by atoms with van der Waals surface area (Å²) in [6.45, 7) is 2.84. The van der Waals surface area contributed by atoms with Gasteiger partial charge in [0.1, 0.15) is 5.54 Å². The molecule has 0 aromatic heterocycles. The van der Waals surface area contributed by atoms with Crippen molar-refractivity contribution in [2.45, 2.75) is 25.3 Å². The first-order valence-corrected chi connectivity index (χ1v) is 5.55.